The van der Waals surface area contributed by atoms with Crippen molar-refractivity contribution in [3.63, 3.8) is 0 Å². The molecule has 2 aromatic heterocycles. The van der Waals surface area contributed by atoms with E-state index in [1.165, 1.54) is 0 Å². The number of benzene rings is 1. The third-order valence-corrected chi connectivity index (χ3v) is 4.81. The Morgan fingerprint density at radius 2 is 1.77 bits per heavy atom. The summed E-state index contributed by atoms with van der Waals surface area (Å²) >= 11 is 0. The standard InChI is InChI=1S/C20H21N5O/c1-15-13-16-5-2-3-6-17(16)23-18(15)14-19(26)24-9-11-25(12-10-24)20-21-7-4-8-22-20/h2-8,13H,9-12,14H2,1H3. The number of pyridine rings is 1. The number of anilines is 1. The summed E-state index contributed by atoms with van der Waals surface area (Å²) in [5.41, 5.74) is 2.86. The van der Waals surface area contributed by atoms with Crippen molar-refractivity contribution >= 4 is 22.8 Å². The number of carbonyl (C=O) groups is 1. The number of aromatic nitrogens is 3. The van der Waals surface area contributed by atoms with Crippen molar-refractivity contribution in [3.05, 3.63) is 60.0 Å². The zero-order chi connectivity index (χ0) is 17.9. The minimum absolute atomic E-state index is 0.129. The van der Waals surface area contributed by atoms with E-state index in [4.69, 9.17) is 4.98 Å². The molecule has 1 saturated heterocycles. The Labute approximate surface area is 152 Å². The van der Waals surface area contributed by atoms with Gasteiger partial charge in [0.05, 0.1) is 17.6 Å². The van der Waals surface area contributed by atoms with Crippen LogP contribution in [0, 0.1) is 6.92 Å². The lowest BCUT2D eigenvalue weighted by Gasteiger charge is -2.34. The molecular formula is C20H21N5O. The van der Waals surface area contributed by atoms with Gasteiger partial charge in [0, 0.05) is 44.0 Å². The van der Waals surface area contributed by atoms with Crippen LogP contribution in [0.25, 0.3) is 10.9 Å². The van der Waals surface area contributed by atoms with Crippen molar-refractivity contribution in [3.8, 4) is 0 Å². The van der Waals surface area contributed by atoms with Gasteiger partial charge in [-0.3, -0.25) is 9.78 Å². The van der Waals surface area contributed by atoms with Crippen LogP contribution in [-0.2, 0) is 11.2 Å². The Morgan fingerprint density at radius 1 is 1.04 bits per heavy atom. The van der Waals surface area contributed by atoms with Crippen LogP contribution >= 0.6 is 0 Å². The second-order valence-corrected chi connectivity index (χ2v) is 6.54. The molecule has 3 aromatic rings. The van der Waals surface area contributed by atoms with Crippen molar-refractivity contribution in [2.75, 3.05) is 31.1 Å². The van der Waals surface area contributed by atoms with Gasteiger partial charge >= 0.3 is 0 Å². The topological polar surface area (TPSA) is 62.2 Å². The van der Waals surface area contributed by atoms with E-state index in [0.29, 0.717) is 19.5 Å². The minimum Gasteiger partial charge on any atom is -0.339 e. The molecule has 3 heterocycles. The van der Waals surface area contributed by atoms with E-state index in [1.807, 2.05) is 42.2 Å². The molecule has 0 unspecified atom stereocenters. The second kappa shape index (κ2) is 7.07. The summed E-state index contributed by atoms with van der Waals surface area (Å²) in [6.07, 6.45) is 3.83. The second-order valence-electron chi connectivity index (χ2n) is 6.54. The molecule has 1 aliphatic heterocycles. The number of fused-ring (bicyclic) bond motifs is 1. The molecule has 0 N–H and O–H groups in total. The highest BCUT2D eigenvalue weighted by atomic mass is 16.2. The first-order valence-electron chi connectivity index (χ1n) is 8.86. The van der Waals surface area contributed by atoms with Crippen molar-refractivity contribution in [1.29, 1.82) is 0 Å². The quantitative estimate of drug-likeness (QED) is 0.727. The third-order valence-electron chi connectivity index (χ3n) is 4.81. The van der Waals surface area contributed by atoms with Crippen LogP contribution in [0.2, 0.25) is 0 Å². The van der Waals surface area contributed by atoms with Gasteiger partial charge in [0.1, 0.15) is 0 Å². The normalized spacial score (nSPS) is 14.7. The lowest BCUT2D eigenvalue weighted by molar-refractivity contribution is -0.130. The van der Waals surface area contributed by atoms with Crippen molar-refractivity contribution in [1.82, 2.24) is 19.9 Å². The molecule has 0 radical (unpaired) electrons. The molecule has 0 atom stereocenters. The van der Waals surface area contributed by atoms with Gasteiger partial charge in [-0.15, -0.1) is 0 Å². The Hall–Kier alpha value is -3.02. The number of carbonyl (C=O) groups excluding carboxylic acids is 1. The van der Waals surface area contributed by atoms with Crippen LogP contribution in [0.3, 0.4) is 0 Å². The van der Waals surface area contributed by atoms with Crippen LogP contribution in [0.4, 0.5) is 5.95 Å². The first-order valence-corrected chi connectivity index (χ1v) is 8.86. The van der Waals surface area contributed by atoms with Crippen LogP contribution in [0.1, 0.15) is 11.3 Å². The molecule has 0 spiro atoms. The van der Waals surface area contributed by atoms with Gasteiger partial charge < -0.3 is 9.80 Å². The average molecular weight is 347 g/mol. The molecule has 1 amide bonds. The molecule has 4 rings (SSSR count). The highest BCUT2D eigenvalue weighted by Gasteiger charge is 2.23. The van der Waals surface area contributed by atoms with Gasteiger partial charge in [-0.2, -0.15) is 0 Å². The molecular weight excluding hydrogens is 326 g/mol. The van der Waals surface area contributed by atoms with Crippen LogP contribution in [-0.4, -0.2) is 51.9 Å². The van der Waals surface area contributed by atoms with Gasteiger partial charge in [0.2, 0.25) is 11.9 Å². The summed E-state index contributed by atoms with van der Waals surface area (Å²) in [7, 11) is 0. The van der Waals surface area contributed by atoms with Crippen LogP contribution < -0.4 is 4.90 Å². The van der Waals surface area contributed by atoms with Crippen molar-refractivity contribution < 1.29 is 4.79 Å². The van der Waals surface area contributed by atoms with Gasteiger partial charge in [-0.1, -0.05) is 18.2 Å². The molecule has 1 aromatic carbocycles. The Bertz CT molecular complexity index is 920. The highest BCUT2D eigenvalue weighted by Crippen LogP contribution is 2.17. The summed E-state index contributed by atoms with van der Waals surface area (Å²) in [6.45, 7) is 4.89. The van der Waals surface area contributed by atoms with E-state index in [9.17, 15) is 4.79 Å². The monoisotopic (exact) mass is 347 g/mol. The predicted octanol–water partition coefficient (Wildman–Crippen LogP) is 2.22. The molecule has 0 bridgehead atoms. The van der Waals surface area contributed by atoms with Gasteiger partial charge in [0.15, 0.2) is 0 Å². The number of hydrogen-bond donors (Lipinski definition) is 0. The zero-order valence-electron chi connectivity index (χ0n) is 14.8. The number of rotatable bonds is 3. The van der Waals surface area contributed by atoms with E-state index < -0.39 is 0 Å². The van der Waals surface area contributed by atoms with Crippen molar-refractivity contribution in [2.45, 2.75) is 13.3 Å². The fraction of sp³-hybridized carbons (Fsp3) is 0.300. The number of piperazine rings is 1. The van der Waals surface area contributed by atoms with E-state index in [0.717, 1.165) is 41.2 Å². The predicted molar refractivity (Wildman–Crippen MR) is 101 cm³/mol. The molecule has 6 heteroatoms. The molecule has 0 aliphatic carbocycles. The van der Waals surface area contributed by atoms with E-state index in [1.54, 1.807) is 12.4 Å². The third kappa shape index (κ3) is 3.35. The van der Waals surface area contributed by atoms with Crippen LogP contribution in [0.15, 0.2) is 48.8 Å². The van der Waals surface area contributed by atoms with E-state index in [-0.39, 0.29) is 5.91 Å². The van der Waals surface area contributed by atoms with E-state index in [2.05, 4.69) is 20.9 Å². The SMILES string of the molecule is Cc1cc2ccccc2nc1CC(=O)N1CCN(c2ncccn2)CC1. The fourth-order valence-corrected chi connectivity index (χ4v) is 3.31. The molecule has 0 saturated carbocycles. The molecule has 132 valence electrons. The summed E-state index contributed by atoms with van der Waals surface area (Å²) < 4.78 is 0. The van der Waals surface area contributed by atoms with Crippen molar-refractivity contribution in [2.24, 2.45) is 0 Å². The summed E-state index contributed by atoms with van der Waals surface area (Å²) in [5.74, 6) is 0.858. The largest absolute Gasteiger partial charge is 0.339 e. The molecule has 1 aliphatic rings. The lowest BCUT2D eigenvalue weighted by atomic mass is 10.1. The Kier molecular flexibility index (Phi) is 4.48. The summed E-state index contributed by atoms with van der Waals surface area (Å²) in [6, 6.07) is 11.9. The summed E-state index contributed by atoms with van der Waals surface area (Å²) in [4.78, 5) is 30.0. The molecule has 1 fully saturated rings. The zero-order valence-corrected chi connectivity index (χ0v) is 14.8. The number of nitrogens with zero attached hydrogens (tertiary/aromatic N) is 5. The maximum atomic E-state index is 12.7. The highest BCUT2D eigenvalue weighted by molar-refractivity contribution is 5.82. The number of hydrogen-bond acceptors (Lipinski definition) is 5. The fourth-order valence-electron chi connectivity index (χ4n) is 3.31. The maximum absolute atomic E-state index is 12.7. The van der Waals surface area contributed by atoms with Crippen LogP contribution in [0.5, 0.6) is 0 Å². The number of aryl methyl sites for hydroxylation is 1. The van der Waals surface area contributed by atoms with Gasteiger partial charge in [0.25, 0.3) is 0 Å². The smallest absolute Gasteiger partial charge is 0.228 e. The number of amides is 1. The molecule has 6 nitrogen and oxygen atoms in total. The molecule has 26 heavy (non-hydrogen) atoms. The first kappa shape index (κ1) is 16.4. The Morgan fingerprint density at radius 3 is 2.54 bits per heavy atom. The lowest BCUT2D eigenvalue weighted by Crippen LogP contribution is -2.49. The number of para-hydroxylation sites is 1. The minimum atomic E-state index is 0.129. The van der Waals surface area contributed by atoms with Gasteiger partial charge in [-0.05, 0) is 30.7 Å². The average Bonchev–Trinajstić information content (AvgIpc) is 2.69. The first-order chi connectivity index (χ1) is 12.7. The Balaban J connectivity index is 1.42. The van der Waals surface area contributed by atoms with E-state index >= 15 is 0 Å². The maximum Gasteiger partial charge on any atom is 0.228 e. The van der Waals surface area contributed by atoms with Gasteiger partial charge in [-0.25, -0.2) is 9.97 Å². The summed E-state index contributed by atoms with van der Waals surface area (Å²) in [5, 5.41) is 1.11.